The molecular formula is C22H22N2O6S2. The summed E-state index contributed by atoms with van der Waals surface area (Å²) in [6, 6.07) is 8.43. The van der Waals surface area contributed by atoms with E-state index in [1.807, 2.05) is 0 Å². The molecule has 0 bridgehead atoms. The number of carbonyl (C=O) groups excluding carboxylic acids is 3. The van der Waals surface area contributed by atoms with E-state index in [1.54, 1.807) is 49.6 Å². The molecule has 0 fully saturated rings. The van der Waals surface area contributed by atoms with Gasteiger partial charge in [-0.25, -0.2) is 4.79 Å². The summed E-state index contributed by atoms with van der Waals surface area (Å²) >= 11 is 2.28. The van der Waals surface area contributed by atoms with Gasteiger partial charge in [-0.3, -0.25) is 9.59 Å². The van der Waals surface area contributed by atoms with Gasteiger partial charge in [-0.05, 0) is 43.0 Å². The van der Waals surface area contributed by atoms with Gasteiger partial charge in [-0.15, -0.1) is 22.7 Å². The van der Waals surface area contributed by atoms with Crippen LogP contribution in [0.5, 0.6) is 11.5 Å². The van der Waals surface area contributed by atoms with Crippen LogP contribution in [0.2, 0.25) is 0 Å². The zero-order valence-corrected chi connectivity index (χ0v) is 19.6. The highest BCUT2D eigenvalue weighted by Gasteiger charge is 2.27. The highest BCUT2D eigenvalue weighted by atomic mass is 32.1. The molecule has 2 aromatic heterocycles. The van der Waals surface area contributed by atoms with Gasteiger partial charge in [0.05, 0.1) is 41.8 Å². The third-order valence-electron chi connectivity index (χ3n) is 4.46. The highest BCUT2D eigenvalue weighted by molar-refractivity contribution is 7.19. The molecule has 2 N–H and O–H groups in total. The lowest BCUT2D eigenvalue weighted by Gasteiger charge is -2.11. The Morgan fingerprint density at radius 1 is 1.03 bits per heavy atom. The summed E-state index contributed by atoms with van der Waals surface area (Å²) in [6.45, 7) is 3.49. The van der Waals surface area contributed by atoms with Gasteiger partial charge in [0.25, 0.3) is 11.8 Å². The lowest BCUT2D eigenvalue weighted by molar-refractivity contribution is 0.0527. The Morgan fingerprint density at radius 3 is 2.44 bits per heavy atom. The average molecular weight is 475 g/mol. The number of ether oxygens (including phenoxy) is 3. The van der Waals surface area contributed by atoms with E-state index >= 15 is 0 Å². The summed E-state index contributed by atoms with van der Waals surface area (Å²) in [4.78, 5) is 39.0. The number of nitrogens with one attached hydrogen (secondary N) is 2. The van der Waals surface area contributed by atoms with Crippen molar-refractivity contribution in [1.82, 2.24) is 0 Å². The average Bonchev–Trinajstić information content (AvgIpc) is 3.42. The molecule has 0 spiro atoms. The summed E-state index contributed by atoms with van der Waals surface area (Å²) in [5, 5.41) is 7.56. The molecule has 10 heteroatoms. The Labute approximate surface area is 193 Å². The fraction of sp³-hybridized carbons (Fsp3) is 0.227. The maximum absolute atomic E-state index is 13.1. The third-order valence-corrected chi connectivity index (χ3v) is 6.54. The van der Waals surface area contributed by atoms with Gasteiger partial charge in [-0.2, -0.15) is 0 Å². The number of carbonyl (C=O) groups is 3. The number of anilines is 2. The van der Waals surface area contributed by atoms with Crippen LogP contribution >= 0.6 is 22.7 Å². The zero-order valence-electron chi connectivity index (χ0n) is 17.9. The van der Waals surface area contributed by atoms with Crippen LogP contribution in [0.1, 0.15) is 42.2 Å². The Bertz CT molecular complexity index is 1140. The number of methoxy groups -OCH3 is 2. The van der Waals surface area contributed by atoms with Gasteiger partial charge in [0.1, 0.15) is 16.5 Å². The van der Waals surface area contributed by atoms with E-state index in [9.17, 15) is 14.4 Å². The van der Waals surface area contributed by atoms with E-state index in [0.717, 1.165) is 11.3 Å². The molecule has 8 nitrogen and oxygen atoms in total. The van der Waals surface area contributed by atoms with Gasteiger partial charge in [0.15, 0.2) is 0 Å². The molecule has 0 aliphatic carbocycles. The Morgan fingerprint density at radius 2 is 1.81 bits per heavy atom. The van der Waals surface area contributed by atoms with Gasteiger partial charge in [0, 0.05) is 6.07 Å². The Hall–Kier alpha value is -3.37. The van der Waals surface area contributed by atoms with E-state index in [4.69, 9.17) is 14.2 Å². The molecule has 0 atom stereocenters. The molecule has 0 saturated carbocycles. The van der Waals surface area contributed by atoms with Crippen molar-refractivity contribution in [1.29, 1.82) is 0 Å². The van der Waals surface area contributed by atoms with E-state index in [2.05, 4.69) is 10.6 Å². The first-order chi connectivity index (χ1) is 15.4. The number of thiophene rings is 2. The lowest BCUT2D eigenvalue weighted by atomic mass is 10.1. The molecular weight excluding hydrogens is 452 g/mol. The number of benzene rings is 1. The number of hydrogen-bond acceptors (Lipinski definition) is 8. The fourth-order valence-electron chi connectivity index (χ4n) is 2.92. The van der Waals surface area contributed by atoms with Crippen molar-refractivity contribution in [2.24, 2.45) is 0 Å². The largest absolute Gasteiger partial charge is 0.497 e. The molecule has 168 valence electrons. The monoisotopic (exact) mass is 474 g/mol. The molecule has 1 aromatic carbocycles. The second kappa shape index (κ2) is 10.3. The first-order valence-electron chi connectivity index (χ1n) is 9.58. The van der Waals surface area contributed by atoms with Crippen LogP contribution < -0.4 is 20.1 Å². The summed E-state index contributed by atoms with van der Waals surface area (Å²) < 4.78 is 15.7. The van der Waals surface area contributed by atoms with Crippen LogP contribution in [-0.2, 0) is 4.74 Å². The van der Waals surface area contributed by atoms with Crippen molar-refractivity contribution >= 4 is 51.1 Å². The first kappa shape index (κ1) is 23.3. The smallest absolute Gasteiger partial charge is 0.341 e. The van der Waals surface area contributed by atoms with E-state index < -0.39 is 11.9 Å². The quantitative estimate of drug-likeness (QED) is 0.454. The second-order valence-corrected chi connectivity index (χ2v) is 8.40. The summed E-state index contributed by atoms with van der Waals surface area (Å²) in [7, 11) is 3.02. The minimum atomic E-state index is -0.608. The van der Waals surface area contributed by atoms with Crippen molar-refractivity contribution in [2.45, 2.75) is 13.8 Å². The number of amides is 2. The first-order valence-corrected chi connectivity index (χ1v) is 11.3. The van der Waals surface area contributed by atoms with Crippen LogP contribution in [0.15, 0.2) is 35.7 Å². The minimum absolute atomic E-state index is 0.161. The molecule has 0 saturated heterocycles. The van der Waals surface area contributed by atoms with Crippen LogP contribution in [0.3, 0.4) is 0 Å². The van der Waals surface area contributed by atoms with E-state index in [1.165, 1.54) is 25.6 Å². The molecule has 2 amide bonds. The summed E-state index contributed by atoms with van der Waals surface area (Å²) in [5.41, 5.74) is 1.02. The minimum Gasteiger partial charge on any atom is -0.497 e. The van der Waals surface area contributed by atoms with Crippen molar-refractivity contribution in [2.75, 3.05) is 31.5 Å². The zero-order chi connectivity index (χ0) is 23.3. The van der Waals surface area contributed by atoms with Crippen LogP contribution in [0.25, 0.3) is 0 Å². The summed E-state index contributed by atoms with van der Waals surface area (Å²) in [5.74, 6) is -0.420. The van der Waals surface area contributed by atoms with Crippen molar-refractivity contribution < 1.29 is 28.6 Å². The Kier molecular flexibility index (Phi) is 7.49. The third kappa shape index (κ3) is 4.92. The van der Waals surface area contributed by atoms with Gasteiger partial charge in [-0.1, -0.05) is 6.07 Å². The van der Waals surface area contributed by atoms with Crippen LogP contribution in [-0.4, -0.2) is 38.6 Å². The maximum atomic E-state index is 13.1. The van der Waals surface area contributed by atoms with Crippen LogP contribution in [0.4, 0.5) is 10.7 Å². The number of rotatable bonds is 8. The molecule has 3 aromatic rings. The number of esters is 1. The van der Waals surface area contributed by atoms with E-state index in [0.29, 0.717) is 27.6 Å². The molecule has 0 unspecified atom stereocenters. The lowest BCUT2D eigenvalue weighted by Crippen LogP contribution is -2.14. The summed E-state index contributed by atoms with van der Waals surface area (Å²) in [6.07, 6.45) is 0. The normalized spacial score (nSPS) is 10.4. The molecule has 0 aliphatic rings. The Balaban J connectivity index is 1.94. The SMILES string of the molecule is CCOC(=O)c1c(NC(=O)c2cccs2)sc(C(=O)Nc2ccc(OC)cc2OC)c1C. The fourth-order valence-corrected chi connectivity index (χ4v) is 4.62. The topological polar surface area (TPSA) is 103 Å². The van der Waals surface area contributed by atoms with Gasteiger partial charge < -0.3 is 24.8 Å². The maximum Gasteiger partial charge on any atom is 0.341 e. The predicted octanol–water partition coefficient (Wildman–Crippen LogP) is 4.82. The molecule has 0 aliphatic heterocycles. The molecule has 2 heterocycles. The molecule has 0 radical (unpaired) electrons. The molecule has 32 heavy (non-hydrogen) atoms. The number of hydrogen-bond donors (Lipinski definition) is 2. The van der Waals surface area contributed by atoms with Crippen molar-refractivity contribution in [3.8, 4) is 11.5 Å². The van der Waals surface area contributed by atoms with Crippen LogP contribution in [0, 0.1) is 6.92 Å². The van der Waals surface area contributed by atoms with Gasteiger partial charge >= 0.3 is 5.97 Å². The second-order valence-electron chi connectivity index (χ2n) is 6.43. The standard InChI is InChI=1S/C22H22N2O6S2/c1-5-30-22(27)17-12(2)18(32-21(17)24-19(25)16-7-6-10-31-16)20(26)23-14-9-8-13(28-3)11-15(14)29-4/h6-11H,5H2,1-4H3,(H,23,26)(H,24,25). The van der Waals surface area contributed by atoms with Crippen molar-refractivity contribution in [3.05, 3.63) is 56.6 Å². The van der Waals surface area contributed by atoms with E-state index in [-0.39, 0.29) is 28.0 Å². The van der Waals surface area contributed by atoms with Gasteiger partial charge in [0.2, 0.25) is 0 Å². The molecule has 3 rings (SSSR count). The highest BCUT2D eigenvalue weighted by Crippen LogP contribution is 2.36. The predicted molar refractivity (Wildman–Crippen MR) is 125 cm³/mol. The van der Waals surface area contributed by atoms with Crippen molar-refractivity contribution in [3.63, 3.8) is 0 Å².